The molecule has 0 bridgehead atoms. The molecule has 0 aliphatic carbocycles. The highest BCUT2D eigenvalue weighted by Gasteiger charge is 2.26. The number of carbonyl (C=O) groups excluding carboxylic acids is 1. The number of benzene rings is 1. The fourth-order valence-electron chi connectivity index (χ4n) is 2.83. The zero-order valence-electron chi connectivity index (χ0n) is 14.4. The fraction of sp³-hybridized carbons (Fsp3) is 0.368. The molecule has 1 aliphatic heterocycles. The van der Waals surface area contributed by atoms with Crippen LogP contribution in [0.5, 0.6) is 5.75 Å². The first kappa shape index (κ1) is 17.2. The van der Waals surface area contributed by atoms with Crippen LogP contribution in [0.2, 0.25) is 0 Å². The Hall–Kier alpha value is -2.60. The van der Waals surface area contributed by atoms with Gasteiger partial charge in [0.25, 0.3) is 0 Å². The van der Waals surface area contributed by atoms with E-state index in [4.69, 9.17) is 4.74 Å². The Kier molecular flexibility index (Phi) is 5.85. The maximum atomic E-state index is 12.6. The Labute approximate surface area is 148 Å². The molecule has 1 saturated heterocycles. The van der Waals surface area contributed by atoms with Gasteiger partial charge in [-0.25, -0.2) is 4.79 Å². The molecule has 2 aromatic rings. The number of hydrogen-bond donors (Lipinski definition) is 2. The van der Waals surface area contributed by atoms with Crippen molar-refractivity contribution in [3.8, 4) is 5.75 Å². The van der Waals surface area contributed by atoms with Gasteiger partial charge in [-0.2, -0.15) is 0 Å². The number of piperazine rings is 1. The third kappa shape index (κ3) is 4.70. The van der Waals surface area contributed by atoms with Gasteiger partial charge in [0.2, 0.25) is 0 Å². The summed E-state index contributed by atoms with van der Waals surface area (Å²) in [5, 5.41) is 6.29. The lowest BCUT2D eigenvalue weighted by molar-refractivity contribution is 0.124. The van der Waals surface area contributed by atoms with Crippen LogP contribution in [0.3, 0.4) is 0 Å². The summed E-state index contributed by atoms with van der Waals surface area (Å²) < 4.78 is 6.06. The number of hydrogen-bond acceptors (Lipinski definition) is 4. The summed E-state index contributed by atoms with van der Waals surface area (Å²) in [7, 11) is 0. The topological polar surface area (TPSA) is 66.5 Å². The number of pyridine rings is 1. The van der Waals surface area contributed by atoms with Gasteiger partial charge in [0.15, 0.2) is 6.23 Å². The first-order chi connectivity index (χ1) is 12.2. The van der Waals surface area contributed by atoms with E-state index in [1.165, 1.54) is 0 Å². The lowest BCUT2D eigenvalue weighted by Gasteiger charge is -2.32. The molecular formula is C19H24N4O2. The number of aromatic nitrogens is 1. The largest absolute Gasteiger partial charge is 0.468 e. The van der Waals surface area contributed by atoms with Gasteiger partial charge in [-0.3, -0.25) is 4.98 Å². The second-order valence-corrected chi connectivity index (χ2v) is 6.11. The van der Waals surface area contributed by atoms with Crippen LogP contribution in [0.1, 0.15) is 18.4 Å². The van der Waals surface area contributed by atoms with Gasteiger partial charge in [0, 0.05) is 38.3 Å². The van der Waals surface area contributed by atoms with E-state index in [1.54, 1.807) is 12.4 Å². The third-order valence-corrected chi connectivity index (χ3v) is 4.35. The normalized spacial score (nSPS) is 16.8. The maximum absolute atomic E-state index is 12.6. The SMILES string of the molecule is C[C@@H](c1ccccc1)[C@H](NC(=O)N1CCNCC1)Oc1cccnc1. The Morgan fingerprint density at radius 1 is 1.20 bits per heavy atom. The van der Waals surface area contributed by atoms with Gasteiger partial charge in [-0.1, -0.05) is 37.3 Å². The molecule has 1 fully saturated rings. The van der Waals surface area contributed by atoms with Crippen molar-refractivity contribution in [3.63, 3.8) is 0 Å². The molecule has 0 radical (unpaired) electrons. The summed E-state index contributed by atoms with van der Waals surface area (Å²) in [5.41, 5.74) is 1.11. The molecule has 2 amide bonds. The summed E-state index contributed by atoms with van der Waals surface area (Å²) in [6.07, 6.45) is 2.87. The van der Waals surface area contributed by atoms with E-state index in [-0.39, 0.29) is 11.9 Å². The predicted octanol–water partition coefficient (Wildman–Crippen LogP) is 2.21. The van der Waals surface area contributed by atoms with Crippen molar-refractivity contribution < 1.29 is 9.53 Å². The Morgan fingerprint density at radius 2 is 1.96 bits per heavy atom. The lowest BCUT2D eigenvalue weighted by atomic mass is 9.99. The van der Waals surface area contributed by atoms with Crippen LogP contribution in [0.25, 0.3) is 0 Å². The van der Waals surface area contributed by atoms with Crippen LogP contribution in [0, 0.1) is 0 Å². The molecule has 2 N–H and O–H groups in total. The Balaban J connectivity index is 1.74. The monoisotopic (exact) mass is 340 g/mol. The summed E-state index contributed by atoms with van der Waals surface area (Å²) in [6, 6.07) is 13.6. The molecular weight excluding hydrogens is 316 g/mol. The molecule has 6 heteroatoms. The molecule has 0 spiro atoms. The minimum atomic E-state index is -0.478. The van der Waals surface area contributed by atoms with Gasteiger partial charge in [0.1, 0.15) is 5.75 Å². The molecule has 1 aromatic heterocycles. The van der Waals surface area contributed by atoms with Crippen LogP contribution < -0.4 is 15.4 Å². The zero-order chi connectivity index (χ0) is 17.5. The van der Waals surface area contributed by atoms with Crippen molar-refractivity contribution in [1.82, 2.24) is 20.5 Å². The molecule has 25 heavy (non-hydrogen) atoms. The van der Waals surface area contributed by atoms with Gasteiger partial charge in [0.05, 0.1) is 6.20 Å². The second-order valence-electron chi connectivity index (χ2n) is 6.11. The highest BCUT2D eigenvalue weighted by molar-refractivity contribution is 5.74. The number of nitrogens with zero attached hydrogens (tertiary/aromatic N) is 2. The average molecular weight is 340 g/mol. The summed E-state index contributed by atoms with van der Waals surface area (Å²) >= 11 is 0. The maximum Gasteiger partial charge on any atom is 0.320 e. The molecule has 132 valence electrons. The zero-order valence-corrected chi connectivity index (χ0v) is 14.4. The fourth-order valence-corrected chi connectivity index (χ4v) is 2.83. The van der Waals surface area contributed by atoms with E-state index in [0.717, 1.165) is 18.7 Å². The van der Waals surface area contributed by atoms with E-state index in [9.17, 15) is 4.79 Å². The molecule has 2 atom stereocenters. The minimum Gasteiger partial charge on any atom is -0.468 e. The number of rotatable bonds is 5. The van der Waals surface area contributed by atoms with Gasteiger partial charge < -0.3 is 20.3 Å². The van der Waals surface area contributed by atoms with E-state index in [2.05, 4.69) is 22.5 Å². The lowest BCUT2D eigenvalue weighted by Crippen LogP contribution is -2.54. The highest BCUT2D eigenvalue weighted by Crippen LogP contribution is 2.22. The molecule has 0 saturated carbocycles. The quantitative estimate of drug-likeness (QED) is 0.819. The van der Waals surface area contributed by atoms with Crippen molar-refractivity contribution in [2.45, 2.75) is 19.1 Å². The van der Waals surface area contributed by atoms with Crippen LogP contribution >= 0.6 is 0 Å². The van der Waals surface area contributed by atoms with Crippen molar-refractivity contribution in [2.75, 3.05) is 26.2 Å². The van der Waals surface area contributed by atoms with Crippen LogP contribution in [-0.4, -0.2) is 48.3 Å². The summed E-state index contributed by atoms with van der Waals surface area (Å²) in [6.45, 7) is 5.08. The summed E-state index contributed by atoms with van der Waals surface area (Å²) in [4.78, 5) is 18.5. The van der Waals surface area contributed by atoms with Crippen molar-refractivity contribution >= 4 is 6.03 Å². The molecule has 6 nitrogen and oxygen atoms in total. The van der Waals surface area contributed by atoms with E-state index in [0.29, 0.717) is 18.8 Å². The minimum absolute atomic E-state index is 0.00623. The van der Waals surface area contributed by atoms with E-state index >= 15 is 0 Å². The predicted molar refractivity (Wildman–Crippen MR) is 96.5 cm³/mol. The number of ether oxygens (including phenoxy) is 1. The van der Waals surface area contributed by atoms with Gasteiger partial charge >= 0.3 is 6.03 Å². The van der Waals surface area contributed by atoms with Gasteiger partial charge in [-0.15, -0.1) is 0 Å². The van der Waals surface area contributed by atoms with Crippen LogP contribution in [-0.2, 0) is 0 Å². The molecule has 0 unspecified atom stereocenters. The van der Waals surface area contributed by atoms with Crippen molar-refractivity contribution in [2.24, 2.45) is 0 Å². The molecule has 3 rings (SSSR count). The smallest absolute Gasteiger partial charge is 0.320 e. The van der Waals surface area contributed by atoms with Gasteiger partial charge in [-0.05, 0) is 17.7 Å². The number of nitrogens with one attached hydrogen (secondary N) is 2. The van der Waals surface area contributed by atoms with Crippen molar-refractivity contribution in [3.05, 3.63) is 60.4 Å². The molecule has 1 aliphatic rings. The third-order valence-electron chi connectivity index (χ3n) is 4.35. The number of urea groups is 1. The Morgan fingerprint density at radius 3 is 2.64 bits per heavy atom. The molecule has 2 heterocycles. The first-order valence-corrected chi connectivity index (χ1v) is 8.62. The standard InChI is InChI=1S/C19H24N4O2/c1-15(16-6-3-2-4-7-16)18(25-17-8-5-9-21-14-17)22-19(24)23-12-10-20-11-13-23/h2-9,14-15,18,20H,10-13H2,1H3,(H,22,24)/t15-,18+/m0/s1. The average Bonchev–Trinajstić information content (AvgIpc) is 2.69. The number of carbonyl (C=O) groups is 1. The second kappa shape index (κ2) is 8.48. The highest BCUT2D eigenvalue weighted by atomic mass is 16.5. The van der Waals surface area contributed by atoms with Crippen molar-refractivity contribution in [1.29, 1.82) is 0 Å². The Bertz CT molecular complexity index is 660. The first-order valence-electron chi connectivity index (χ1n) is 8.62. The summed E-state index contributed by atoms with van der Waals surface area (Å²) in [5.74, 6) is 0.629. The van der Waals surface area contributed by atoms with E-state index in [1.807, 2.05) is 47.4 Å². The van der Waals surface area contributed by atoms with Crippen LogP contribution in [0.15, 0.2) is 54.9 Å². The van der Waals surface area contributed by atoms with E-state index < -0.39 is 6.23 Å². The number of amides is 2. The molecule has 1 aromatic carbocycles. The van der Waals surface area contributed by atoms with Crippen LogP contribution in [0.4, 0.5) is 4.79 Å².